The number of ether oxygens (including phenoxy) is 2. The number of rotatable bonds is 7. The van der Waals surface area contributed by atoms with Crippen LogP contribution in [-0.2, 0) is 14.8 Å². The zero-order valence-corrected chi connectivity index (χ0v) is 17.6. The molecule has 0 aliphatic heterocycles. The fourth-order valence-corrected chi connectivity index (χ4v) is 3.86. The Morgan fingerprint density at radius 3 is 2.23 bits per heavy atom. The van der Waals surface area contributed by atoms with Gasteiger partial charge in [-0.2, -0.15) is 0 Å². The van der Waals surface area contributed by atoms with Crippen LogP contribution in [0.5, 0.6) is 5.75 Å². The molecule has 3 aromatic rings. The Hall–Kier alpha value is -3.85. The van der Waals surface area contributed by atoms with E-state index >= 15 is 0 Å². The maximum atomic E-state index is 12.8. The van der Waals surface area contributed by atoms with Crippen LogP contribution < -0.4 is 14.8 Å². The van der Waals surface area contributed by atoms with E-state index in [1.165, 1.54) is 62.8 Å². The Balaban J connectivity index is 1.79. The lowest BCUT2D eigenvalue weighted by Crippen LogP contribution is -2.16. The third kappa shape index (κ3) is 5.20. The van der Waals surface area contributed by atoms with E-state index < -0.39 is 21.9 Å². The average Bonchev–Trinajstić information content (AvgIpc) is 2.79. The number of hydrogen-bond donors (Lipinski definition) is 2. The molecule has 0 unspecified atom stereocenters. The number of sulfonamides is 1. The van der Waals surface area contributed by atoms with Gasteiger partial charge >= 0.3 is 5.97 Å². The van der Waals surface area contributed by atoms with Gasteiger partial charge in [0.05, 0.1) is 30.4 Å². The Bertz CT molecular complexity index is 1210. The summed E-state index contributed by atoms with van der Waals surface area (Å²) in [5, 5.41) is 2.71. The normalized spacial score (nSPS) is 10.8. The minimum atomic E-state index is -3.96. The van der Waals surface area contributed by atoms with Gasteiger partial charge in [0.1, 0.15) is 5.75 Å². The van der Waals surface area contributed by atoms with Crippen molar-refractivity contribution < 1.29 is 27.5 Å². The first-order valence-electron chi connectivity index (χ1n) is 9.09. The molecule has 0 fully saturated rings. The molecule has 0 atom stereocenters. The highest BCUT2D eigenvalue weighted by molar-refractivity contribution is 7.92. The molecule has 0 aliphatic rings. The number of para-hydroxylation sites is 2. The van der Waals surface area contributed by atoms with Gasteiger partial charge in [0.15, 0.2) is 0 Å². The molecule has 0 aromatic heterocycles. The van der Waals surface area contributed by atoms with E-state index in [2.05, 4.69) is 14.8 Å². The van der Waals surface area contributed by atoms with Crippen molar-refractivity contribution in [1.29, 1.82) is 0 Å². The van der Waals surface area contributed by atoms with Crippen molar-refractivity contribution in [2.24, 2.45) is 0 Å². The average molecular weight is 440 g/mol. The van der Waals surface area contributed by atoms with Crippen LogP contribution in [0.15, 0.2) is 77.7 Å². The first-order chi connectivity index (χ1) is 14.8. The molecule has 0 spiro atoms. The number of carbonyl (C=O) groups is 2. The number of nitrogens with one attached hydrogen (secondary N) is 2. The fourth-order valence-electron chi connectivity index (χ4n) is 2.75. The molecular weight excluding hydrogens is 420 g/mol. The lowest BCUT2D eigenvalue weighted by Gasteiger charge is -2.12. The zero-order chi connectivity index (χ0) is 22.4. The predicted octanol–water partition coefficient (Wildman–Crippen LogP) is 3.53. The molecule has 3 aromatic carbocycles. The Labute approximate surface area is 179 Å². The molecule has 160 valence electrons. The number of benzene rings is 3. The summed E-state index contributed by atoms with van der Waals surface area (Å²) < 4.78 is 37.8. The summed E-state index contributed by atoms with van der Waals surface area (Å²) in [6.45, 7) is 0. The summed E-state index contributed by atoms with van der Waals surface area (Å²) in [6.07, 6.45) is 0. The summed E-state index contributed by atoms with van der Waals surface area (Å²) in [4.78, 5) is 24.0. The minimum absolute atomic E-state index is 0.0859. The van der Waals surface area contributed by atoms with Gasteiger partial charge in [0, 0.05) is 11.3 Å². The van der Waals surface area contributed by atoms with Crippen LogP contribution in [0.2, 0.25) is 0 Å². The molecule has 8 nitrogen and oxygen atoms in total. The topological polar surface area (TPSA) is 111 Å². The van der Waals surface area contributed by atoms with Gasteiger partial charge in [0.2, 0.25) is 0 Å². The van der Waals surface area contributed by atoms with E-state index in [9.17, 15) is 18.0 Å². The number of amides is 1. The molecule has 0 heterocycles. The number of methoxy groups -OCH3 is 2. The van der Waals surface area contributed by atoms with Crippen LogP contribution >= 0.6 is 0 Å². The second-order valence-electron chi connectivity index (χ2n) is 6.36. The third-order valence-corrected chi connectivity index (χ3v) is 5.70. The molecule has 2 N–H and O–H groups in total. The summed E-state index contributed by atoms with van der Waals surface area (Å²) >= 11 is 0. The van der Waals surface area contributed by atoms with Crippen LogP contribution in [0.3, 0.4) is 0 Å². The van der Waals surface area contributed by atoms with Crippen molar-refractivity contribution in [3.05, 3.63) is 83.9 Å². The number of carbonyl (C=O) groups excluding carboxylic acids is 2. The van der Waals surface area contributed by atoms with Crippen molar-refractivity contribution in [2.75, 3.05) is 24.3 Å². The fraction of sp³-hybridized carbons (Fsp3) is 0.0909. The molecule has 0 aliphatic carbocycles. The zero-order valence-electron chi connectivity index (χ0n) is 16.8. The maximum Gasteiger partial charge on any atom is 0.337 e. The maximum absolute atomic E-state index is 12.8. The quantitative estimate of drug-likeness (QED) is 0.544. The summed E-state index contributed by atoms with van der Waals surface area (Å²) in [7, 11) is -1.22. The van der Waals surface area contributed by atoms with Gasteiger partial charge in [-0.25, -0.2) is 13.2 Å². The summed E-state index contributed by atoms with van der Waals surface area (Å²) in [6, 6.07) is 18.3. The Kier molecular flexibility index (Phi) is 6.56. The predicted molar refractivity (Wildman–Crippen MR) is 116 cm³/mol. The van der Waals surface area contributed by atoms with Crippen LogP contribution in [0, 0.1) is 0 Å². The van der Waals surface area contributed by atoms with E-state index in [1.807, 2.05) is 0 Å². The highest BCUT2D eigenvalue weighted by Crippen LogP contribution is 2.24. The van der Waals surface area contributed by atoms with Gasteiger partial charge in [-0.1, -0.05) is 18.2 Å². The van der Waals surface area contributed by atoms with Gasteiger partial charge in [-0.15, -0.1) is 0 Å². The first kappa shape index (κ1) is 21.8. The standard InChI is InChI=1S/C22H20N2O6S/c1-29-20-9-4-3-8-19(20)23-21(25)16-6-5-7-18(14-16)31(27,28)24-17-12-10-15(11-13-17)22(26)30-2/h3-14,24H,1-2H3,(H,23,25). The minimum Gasteiger partial charge on any atom is -0.495 e. The summed E-state index contributed by atoms with van der Waals surface area (Å²) in [5.41, 5.74) is 1.18. The van der Waals surface area contributed by atoms with Crippen molar-refractivity contribution in [2.45, 2.75) is 4.90 Å². The molecule has 3 rings (SSSR count). The van der Waals surface area contributed by atoms with Crippen molar-refractivity contribution in [3.8, 4) is 5.75 Å². The SMILES string of the molecule is COC(=O)c1ccc(NS(=O)(=O)c2cccc(C(=O)Nc3ccccc3OC)c2)cc1. The first-order valence-corrected chi connectivity index (χ1v) is 10.6. The Morgan fingerprint density at radius 2 is 1.55 bits per heavy atom. The molecule has 9 heteroatoms. The van der Waals surface area contributed by atoms with Crippen molar-refractivity contribution >= 4 is 33.3 Å². The van der Waals surface area contributed by atoms with Crippen molar-refractivity contribution in [3.63, 3.8) is 0 Å². The van der Waals surface area contributed by atoms with Gasteiger partial charge in [-0.05, 0) is 54.6 Å². The monoisotopic (exact) mass is 440 g/mol. The van der Waals surface area contributed by atoms with E-state index in [0.717, 1.165) is 0 Å². The van der Waals surface area contributed by atoms with E-state index in [0.29, 0.717) is 17.0 Å². The number of anilines is 2. The van der Waals surface area contributed by atoms with Crippen LogP contribution in [0.1, 0.15) is 20.7 Å². The van der Waals surface area contributed by atoms with Crippen LogP contribution in [0.4, 0.5) is 11.4 Å². The molecule has 0 bridgehead atoms. The molecule has 31 heavy (non-hydrogen) atoms. The highest BCUT2D eigenvalue weighted by atomic mass is 32.2. The van der Waals surface area contributed by atoms with E-state index in [1.54, 1.807) is 24.3 Å². The van der Waals surface area contributed by atoms with Gasteiger partial charge in [0.25, 0.3) is 15.9 Å². The number of hydrogen-bond acceptors (Lipinski definition) is 6. The lowest BCUT2D eigenvalue weighted by atomic mass is 10.2. The molecule has 1 amide bonds. The van der Waals surface area contributed by atoms with Crippen LogP contribution in [0.25, 0.3) is 0 Å². The smallest absolute Gasteiger partial charge is 0.337 e. The lowest BCUT2D eigenvalue weighted by molar-refractivity contribution is 0.0600. The van der Waals surface area contributed by atoms with E-state index in [4.69, 9.17) is 4.74 Å². The molecule has 0 saturated carbocycles. The molecule has 0 saturated heterocycles. The third-order valence-electron chi connectivity index (χ3n) is 4.32. The van der Waals surface area contributed by atoms with Gasteiger partial charge < -0.3 is 14.8 Å². The second-order valence-corrected chi connectivity index (χ2v) is 8.04. The summed E-state index contributed by atoms with van der Waals surface area (Å²) in [5.74, 6) is -0.524. The van der Waals surface area contributed by atoms with Crippen molar-refractivity contribution in [1.82, 2.24) is 0 Å². The highest BCUT2D eigenvalue weighted by Gasteiger charge is 2.18. The molecule has 0 radical (unpaired) electrons. The largest absolute Gasteiger partial charge is 0.495 e. The molecular formula is C22H20N2O6S. The van der Waals surface area contributed by atoms with E-state index in [-0.39, 0.29) is 16.1 Å². The number of esters is 1. The second kappa shape index (κ2) is 9.31. The van der Waals surface area contributed by atoms with Crippen LogP contribution in [-0.4, -0.2) is 34.5 Å². The van der Waals surface area contributed by atoms with Gasteiger partial charge in [-0.3, -0.25) is 9.52 Å². The Morgan fingerprint density at radius 1 is 0.839 bits per heavy atom.